The maximum Gasteiger partial charge on any atom is 0.160 e. The van der Waals surface area contributed by atoms with Gasteiger partial charge in [-0.3, -0.25) is 0 Å². The van der Waals surface area contributed by atoms with Crippen molar-refractivity contribution < 1.29 is 0 Å². The van der Waals surface area contributed by atoms with E-state index in [0.717, 1.165) is 33.9 Å². The van der Waals surface area contributed by atoms with Gasteiger partial charge in [0.2, 0.25) is 0 Å². The van der Waals surface area contributed by atoms with Crippen LogP contribution in [0.1, 0.15) is 49.9 Å². The van der Waals surface area contributed by atoms with Crippen molar-refractivity contribution in [2.24, 2.45) is 0 Å². The van der Waals surface area contributed by atoms with Crippen LogP contribution in [-0.4, -0.2) is 9.97 Å². The minimum Gasteiger partial charge on any atom is -0.228 e. The van der Waals surface area contributed by atoms with Gasteiger partial charge in [0.15, 0.2) is 5.82 Å². The third-order valence-corrected chi connectivity index (χ3v) is 12.7. The molecular weight excluding hydrogens is 677 g/mol. The lowest BCUT2D eigenvalue weighted by Gasteiger charge is -2.23. The molecule has 0 bridgehead atoms. The molecule has 0 atom stereocenters. The van der Waals surface area contributed by atoms with Crippen LogP contribution in [0.15, 0.2) is 170 Å². The van der Waals surface area contributed by atoms with Gasteiger partial charge in [-0.1, -0.05) is 179 Å². The largest absolute Gasteiger partial charge is 0.228 e. The van der Waals surface area contributed by atoms with E-state index in [0.29, 0.717) is 0 Å². The Morgan fingerprint density at radius 1 is 0.339 bits per heavy atom. The third kappa shape index (κ3) is 4.75. The van der Waals surface area contributed by atoms with Gasteiger partial charge >= 0.3 is 0 Å². The number of aromatic nitrogens is 2. The van der Waals surface area contributed by atoms with Crippen LogP contribution in [0.5, 0.6) is 0 Å². The Morgan fingerprint density at radius 2 is 0.911 bits per heavy atom. The van der Waals surface area contributed by atoms with Crippen molar-refractivity contribution in [2.75, 3.05) is 0 Å². The van der Waals surface area contributed by atoms with E-state index in [9.17, 15) is 0 Å². The standard InChI is InChI=1S/C54H40N2/c1-53(2)46-21-13-12-20-41(46)44-31-36(24-29-47(44)53)49-32-50(56-52(55-49)34-15-6-5-7-16-34)42-27-26-37(39-18-10-11-19-40(39)42)35-23-28-48-45(30-35)43-25-22-33-14-8-9-17-38(33)51(43)54(48,3)4/h5-32H,1-4H3. The van der Waals surface area contributed by atoms with Crippen molar-refractivity contribution in [3.63, 3.8) is 0 Å². The summed E-state index contributed by atoms with van der Waals surface area (Å²) in [4.78, 5) is 10.5. The highest BCUT2D eigenvalue weighted by molar-refractivity contribution is 6.06. The van der Waals surface area contributed by atoms with Crippen LogP contribution in [0.25, 0.3) is 88.8 Å². The molecule has 8 aromatic carbocycles. The normalized spacial score (nSPS) is 14.4. The SMILES string of the molecule is CC1(C)c2ccccc2-c2cc(-c3cc(-c4ccc(-c5ccc6c(c5)-c5ccc7ccccc7c5C6(C)C)c5ccccc45)nc(-c4ccccc4)n3)ccc21. The molecule has 2 nitrogen and oxygen atoms in total. The average molecular weight is 717 g/mol. The van der Waals surface area contributed by atoms with Gasteiger partial charge in [0.25, 0.3) is 0 Å². The zero-order valence-electron chi connectivity index (χ0n) is 32.1. The predicted molar refractivity (Wildman–Crippen MR) is 234 cm³/mol. The molecule has 2 aliphatic rings. The average Bonchev–Trinajstić information content (AvgIpc) is 3.62. The van der Waals surface area contributed by atoms with Crippen molar-refractivity contribution in [3.05, 3.63) is 192 Å². The Balaban J connectivity index is 1.07. The van der Waals surface area contributed by atoms with E-state index in [4.69, 9.17) is 9.97 Å². The van der Waals surface area contributed by atoms with Crippen LogP contribution in [0.2, 0.25) is 0 Å². The molecule has 1 aromatic heterocycles. The quantitative estimate of drug-likeness (QED) is 0.181. The first kappa shape index (κ1) is 32.8. The Hall–Kier alpha value is -6.64. The van der Waals surface area contributed by atoms with Gasteiger partial charge in [-0.25, -0.2) is 9.97 Å². The summed E-state index contributed by atoms with van der Waals surface area (Å²) < 4.78 is 0. The van der Waals surface area contributed by atoms with Crippen molar-refractivity contribution in [1.82, 2.24) is 9.97 Å². The number of fused-ring (bicyclic) bond motifs is 9. The molecule has 266 valence electrons. The molecule has 0 N–H and O–H groups in total. The number of benzene rings is 8. The van der Waals surface area contributed by atoms with Crippen LogP contribution < -0.4 is 0 Å². The highest BCUT2D eigenvalue weighted by atomic mass is 14.9. The summed E-state index contributed by atoms with van der Waals surface area (Å²) in [6.45, 7) is 9.39. The summed E-state index contributed by atoms with van der Waals surface area (Å²) in [6, 6.07) is 62.1. The number of nitrogens with zero attached hydrogens (tertiary/aromatic N) is 2. The maximum absolute atomic E-state index is 5.29. The lowest BCUT2D eigenvalue weighted by atomic mass is 9.80. The fourth-order valence-electron chi connectivity index (χ4n) is 9.89. The van der Waals surface area contributed by atoms with Crippen LogP contribution in [0, 0.1) is 0 Å². The van der Waals surface area contributed by atoms with Gasteiger partial charge in [0.1, 0.15) is 0 Å². The summed E-state index contributed by atoms with van der Waals surface area (Å²) in [5, 5.41) is 5.02. The van der Waals surface area contributed by atoms with E-state index >= 15 is 0 Å². The lowest BCUT2D eigenvalue weighted by Crippen LogP contribution is -2.15. The molecule has 0 fully saturated rings. The fraction of sp³-hybridized carbons (Fsp3) is 0.111. The summed E-state index contributed by atoms with van der Waals surface area (Å²) in [7, 11) is 0. The summed E-state index contributed by atoms with van der Waals surface area (Å²) in [5.74, 6) is 0.722. The van der Waals surface area contributed by atoms with Crippen molar-refractivity contribution in [1.29, 1.82) is 0 Å². The molecule has 11 rings (SSSR count). The third-order valence-electron chi connectivity index (χ3n) is 12.7. The van der Waals surface area contributed by atoms with Crippen LogP contribution in [0.4, 0.5) is 0 Å². The van der Waals surface area contributed by atoms with Crippen molar-refractivity contribution in [3.8, 4) is 67.3 Å². The Morgan fingerprint density at radius 3 is 1.73 bits per heavy atom. The highest BCUT2D eigenvalue weighted by Gasteiger charge is 2.37. The summed E-state index contributed by atoms with van der Waals surface area (Å²) in [5.41, 5.74) is 18.1. The monoisotopic (exact) mass is 716 g/mol. The molecule has 0 radical (unpaired) electrons. The predicted octanol–water partition coefficient (Wildman–Crippen LogP) is 14.1. The second-order valence-corrected chi connectivity index (χ2v) is 16.6. The van der Waals surface area contributed by atoms with Crippen LogP contribution >= 0.6 is 0 Å². The fourth-order valence-corrected chi connectivity index (χ4v) is 9.89. The van der Waals surface area contributed by atoms with Crippen molar-refractivity contribution in [2.45, 2.75) is 38.5 Å². The second kappa shape index (κ2) is 11.9. The Kier molecular flexibility index (Phi) is 6.98. The summed E-state index contributed by atoms with van der Waals surface area (Å²) in [6.07, 6.45) is 0. The first-order chi connectivity index (χ1) is 27.3. The summed E-state index contributed by atoms with van der Waals surface area (Å²) >= 11 is 0. The van der Waals surface area contributed by atoms with Gasteiger partial charge < -0.3 is 0 Å². The minimum absolute atomic E-state index is 0.0516. The first-order valence-electron chi connectivity index (χ1n) is 19.7. The van der Waals surface area contributed by atoms with Gasteiger partial charge in [0.05, 0.1) is 11.4 Å². The molecule has 0 saturated heterocycles. The van der Waals surface area contributed by atoms with E-state index < -0.39 is 0 Å². The minimum atomic E-state index is -0.0877. The van der Waals surface area contributed by atoms with E-state index in [1.807, 2.05) is 6.07 Å². The van der Waals surface area contributed by atoms with E-state index in [1.54, 1.807) is 0 Å². The molecule has 0 amide bonds. The molecule has 0 aliphatic heterocycles. The number of hydrogen-bond donors (Lipinski definition) is 0. The van der Waals surface area contributed by atoms with E-state index in [1.165, 1.54) is 77.2 Å². The molecule has 0 spiro atoms. The Labute approximate surface area is 328 Å². The van der Waals surface area contributed by atoms with E-state index in [-0.39, 0.29) is 10.8 Å². The molecule has 56 heavy (non-hydrogen) atoms. The smallest absolute Gasteiger partial charge is 0.160 e. The molecule has 0 saturated carbocycles. The second-order valence-electron chi connectivity index (χ2n) is 16.6. The van der Waals surface area contributed by atoms with Gasteiger partial charge in [0, 0.05) is 27.5 Å². The zero-order valence-corrected chi connectivity index (χ0v) is 32.1. The molecule has 1 heterocycles. The Bertz CT molecular complexity index is 3080. The molecular formula is C54H40N2. The lowest BCUT2D eigenvalue weighted by molar-refractivity contribution is 0.660. The van der Waals surface area contributed by atoms with Gasteiger partial charge in [-0.15, -0.1) is 0 Å². The molecule has 2 aliphatic carbocycles. The van der Waals surface area contributed by atoms with Gasteiger partial charge in [-0.2, -0.15) is 0 Å². The topological polar surface area (TPSA) is 25.8 Å². The van der Waals surface area contributed by atoms with Crippen LogP contribution in [-0.2, 0) is 10.8 Å². The van der Waals surface area contributed by atoms with Gasteiger partial charge in [-0.05, 0) is 95.4 Å². The van der Waals surface area contributed by atoms with Crippen LogP contribution in [0.3, 0.4) is 0 Å². The number of rotatable bonds is 4. The molecule has 0 unspecified atom stereocenters. The molecule has 2 heteroatoms. The van der Waals surface area contributed by atoms with Crippen molar-refractivity contribution >= 4 is 21.5 Å². The first-order valence-corrected chi connectivity index (χ1v) is 19.7. The molecule has 9 aromatic rings. The number of hydrogen-bond acceptors (Lipinski definition) is 2. The van der Waals surface area contributed by atoms with E-state index in [2.05, 4.69) is 191 Å². The zero-order chi connectivity index (χ0) is 37.8. The highest BCUT2D eigenvalue weighted by Crippen LogP contribution is 2.53. The maximum atomic E-state index is 5.29.